The van der Waals surface area contributed by atoms with Crippen LogP contribution in [0.3, 0.4) is 0 Å². The number of nitrogens with zero attached hydrogens (tertiary/aromatic N) is 2. The number of benzene rings is 2. The van der Waals surface area contributed by atoms with Gasteiger partial charge in [0, 0.05) is 38.3 Å². The molecule has 1 aliphatic heterocycles. The van der Waals surface area contributed by atoms with E-state index in [1.54, 1.807) is 24.8 Å². The molecular formula is C22H27FN2O. The second-order valence-corrected chi connectivity index (χ2v) is 7.32. The first kappa shape index (κ1) is 18.6. The molecule has 2 aromatic carbocycles. The van der Waals surface area contributed by atoms with Gasteiger partial charge in [-0.1, -0.05) is 35.9 Å². The van der Waals surface area contributed by atoms with Gasteiger partial charge in [0.2, 0.25) is 5.91 Å². The normalized spacial score (nSPS) is 15.8. The molecule has 1 fully saturated rings. The SMILES string of the molecule is CC(=O)N(c1ccc(C)c(F)c1)C1CCN(Cc2cccc(C)c2)CC1. The fourth-order valence-corrected chi connectivity index (χ4v) is 3.79. The van der Waals surface area contributed by atoms with Crippen LogP contribution in [0.25, 0.3) is 0 Å². The highest BCUT2D eigenvalue weighted by Crippen LogP contribution is 2.26. The summed E-state index contributed by atoms with van der Waals surface area (Å²) in [6.07, 6.45) is 1.81. The summed E-state index contributed by atoms with van der Waals surface area (Å²) in [7, 11) is 0. The molecule has 4 heteroatoms. The van der Waals surface area contributed by atoms with Crippen LogP contribution in [0.4, 0.5) is 10.1 Å². The quantitative estimate of drug-likeness (QED) is 0.809. The summed E-state index contributed by atoms with van der Waals surface area (Å²) in [4.78, 5) is 16.4. The third kappa shape index (κ3) is 4.31. The van der Waals surface area contributed by atoms with E-state index >= 15 is 0 Å². The molecule has 2 aromatic rings. The van der Waals surface area contributed by atoms with Gasteiger partial charge in [-0.25, -0.2) is 4.39 Å². The average molecular weight is 354 g/mol. The molecule has 3 rings (SSSR count). The zero-order valence-corrected chi connectivity index (χ0v) is 15.8. The molecule has 138 valence electrons. The molecule has 0 bridgehead atoms. The first-order valence-electron chi connectivity index (χ1n) is 9.28. The Labute approximate surface area is 155 Å². The topological polar surface area (TPSA) is 23.6 Å². The van der Waals surface area contributed by atoms with Gasteiger partial charge in [-0.3, -0.25) is 9.69 Å². The minimum absolute atomic E-state index is 0.0228. The Morgan fingerprint density at radius 2 is 1.88 bits per heavy atom. The number of carbonyl (C=O) groups is 1. The van der Waals surface area contributed by atoms with Gasteiger partial charge in [-0.2, -0.15) is 0 Å². The zero-order chi connectivity index (χ0) is 18.7. The Balaban J connectivity index is 1.66. The van der Waals surface area contributed by atoms with Crippen molar-refractivity contribution in [2.75, 3.05) is 18.0 Å². The average Bonchev–Trinajstić information content (AvgIpc) is 2.59. The van der Waals surface area contributed by atoms with Crippen LogP contribution >= 0.6 is 0 Å². The summed E-state index contributed by atoms with van der Waals surface area (Å²) < 4.78 is 14.0. The monoisotopic (exact) mass is 354 g/mol. The summed E-state index contributed by atoms with van der Waals surface area (Å²) in [6, 6.07) is 13.8. The molecule has 1 aliphatic rings. The lowest BCUT2D eigenvalue weighted by Gasteiger charge is -2.38. The van der Waals surface area contributed by atoms with Gasteiger partial charge in [-0.05, 0) is 49.9 Å². The molecule has 0 aliphatic carbocycles. The van der Waals surface area contributed by atoms with Gasteiger partial charge < -0.3 is 4.90 Å². The van der Waals surface area contributed by atoms with Gasteiger partial charge in [0.1, 0.15) is 5.82 Å². The third-order valence-corrected chi connectivity index (χ3v) is 5.18. The molecule has 0 radical (unpaired) electrons. The smallest absolute Gasteiger partial charge is 0.224 e. The van der Waals surface area contributed by atoms with E-state index in [9.17, 15) is 9.18 Å². The number of amides is 1. The third-order valence-electron chi connectivity index (χ3n) is 5.18. The zero-order valence-electron chi connectivity index (χ0n) is 15.8. The maximum atomic E-state index is 14.0. The molecule has 1 amide bonds. The fourth-order valence-electron chi connectivity index (χ4n) is 3.79. The van der Waals surface area contributed by atoms with E-state index in [2.05, 4.69) is 36.1 Å². The highest BCUT2D eigenvalue weighted by Gasteiger charge is 2.27. The van der Waals surface area contributed by atoms with Crippen LogP contribution in [-0.4, -0.2) is 29.9 Å². The summed E-state index contributed by atoms with van der Waals surface area (Å²) >= 11 is 0. The number of piperidine rings is 1. The summed E-state index contributed by atoms with van der Waals surface area (Å²) in [5, 5.41) is 0. The van der Waals surface area contributed by atoms with Crippen LogP contribution in [0, 0.1) is 19.7 Å². The second-order valence-electron chi connectivity index (χ2n) is 7.32. The molecule has 0 spiro atoms. The van der Waals surface area contributed by atoms with E-state index in [0.29, 0.717) is 11.3 Å². The first-order chi connectivity index (χ1) is 12.4. The molecule has 1 heterocycles. The van der Waals surface area contributed by atoms with Crippen LogP contribution in [0.15, 0.2) is 42.5 Å². The Bertz CT molecular complexity index is 781. The van der Waals surface area contributed by atoms with Crippen molar-refractivity contribution in [3.05, 3.63) is 65.0 Å². The number of rotatable bonds is 4. The maximum absolute atomic E-state index is 14.0. The van der Waals surface area contributed by atoms with Gasteiger partial charge in [-0.15, -0.1) is 0 Å². The maximum Gasteiger partial charge on any atom is 0.224 e. The highest BCUT2D eigenvalue weighted by atomic mass is 19.1. The number of carbonyl (C=O) groups excluding carboxylic acids is 1. The largest absolute Gasteiger partial charge is 0.309 e. The van der Waals surface area contributed by atoms with Crippen molar-refractivity contribution in [1.82, 2.24) is 4.90 Å². The molecule has 0 unspecified atom stereocenters. The molecule has 3 nitrogen and oxygen atoms in total. The van der Waals surface area contributed by atoms with E-state index in [1.165, 1.54) is 17.2 Å². The second kappa shape index (κ2) is 8.00. The minimum atomic E-state index is -0.259. The van der Waals surface area contributed by atoms with Crippen molar-refractivity contribution in [2.24, 2.45) is 0 Å². The Morgan fingerprint density at radius 3 is 2.50 bits per heavy atom. The van der Waals surface area contributed by atoms with Crippen molar-refractivity contribution in [3.8, 4) is 0 Å². The molecule has 0 N–H and O–H groups in total. The molecule has 1 saturated heterocycles. The van der Waals surface area contributed by atoms with Crippen LogP contribution in [0.1, 0.15) is 36.5 Å². The summed E-state index contributed by atoms with van der Waals surface area (Å²) in [5.74, 6) is -0.281. The van der Waals surface area contributed by atoms with Gasteiger partial charge >= 0.3 is 0 Å². The van der Waals surface area contributed by atoms with Crippen LogP contribution < -0.4 is 4.90 Å². The van der Waals surface area contributed by atoms with Crippen molar-refractivity contribution in [3.63, 3.8) is 0 Å². The van der Waals surface area contributed by atoms with Crippen molar-refractivity contribution in [1.29, 1.82) is 0 Å². The standard InChI is InChI=1S/C22H27FN2O/c1-16-5-4-6-19(13-16)15-24-11-9-20(10-12-24)25(18(3)26)21-8-7-17(2)22(23)14-21/h4-8,13-14,20H,9-12,15H2,1-3H3. The number of aryl methyl sites for hydroxylation is 2. The molecule has 0 saturated carbocycles. The van der Waals surface area contributed by atoms with Gasteiger partial charge in [0.15, 0.2) is 0 Å². The summed E-state index contributed by atoms with van der Waals surface area (Å²) in [5.41, 5.74) is 3.87. The van der Waals surface area contributed by atoms with Crippen LogP contribution in [0.2, 0.25) is 0 Å². The number of halogens is 1. The Hall–Kier alpha value is -2.20. The molecule has 0 atom stereocenters. The van der Waals surface area contributed by atoms with Crippen molar-refractivity contribution in [2.45, 2.75) is 46.2 Å². The van der Waals surface area contributed by atoms with Gasteiger partial charge in [0.25, 0.3) is 0 Å². The lowest BCUT2D eigenvalue weighted by atomic mass is 10.0. The number of hydrogen-bond donors (Lipinski definition) is 0. The predicted molar refractivity (Wildman–Crippen MR) is 104 cm³/mol. The van der Waals surface area contributed by atoms with Crippen molar-refractivity contribution < 1.29 is 9.18 Å². The lowest BCUT2D eigenvalue weighted by Crippen LogP contribution is -2.46. The van der Waals surface area contributed by atoms with Crippen LogP contribution in [-0.2, 0) is 11.3 Å². The number of hydrogen-bond acceptors (Lipinski definition) is 2. The Kier molecular flexibility index (Phi) is 5.72. The van der Waals surface area contributed by atoms with E-state index in [1.807, 2.05) is 6.07 Å². The van der Waals surface area contributed by atoms with E-state index in [0.717, 1.165) is 32.5 Å². The van der Waals surface area contributed by atoms with E-state index in [4.69, 9.17) is 0 Å². The van der Waals surface area contributed by atoms with Crippen LogP contribution in [0.5, 0.6) is 0 Å². The molecular weight excluding hydrogens is 327 g/mol. The predicted octanol–water partition coefficient (Wildman–Crippen LogP) is 4.46. The first-order valence-corrected chi connectivity index (χ1v) is 9.28. The number of likely N-dealkylation sites (tertiary alicyclic amines) is 1. The fraction of sp³-hybridized carbons (Fsp3) is 0.409. The highest BCUT2D eigenvalue weighted by molar-refractivity contribution is 5.92. The van der Waals surface area contributed by atoms with Gasteiger partial charge in [0.05, 0.1) is 0 Å². The lowest BCUT2D eigenvalue weighted by molar-refractivity contribution is -0.117. The Morgan fingerprint density at radius 1 is 1.15 bits per heavy atom. The van der Waals surface area contributed by atoms with E-state index < -0.39 is 0 Å². The van der Waals surface area contributed by atoms with E-state index in [-0.39, 0.29) is 17.8 Å². The summed E-state index contributed by atoms with van der Waals surface area (Å²) in [6.45, 7) is 8.24. The van der Waals surface area contributed by atoms with Crippen molar-refractivity contribution >= 4 is 11.6 Å². The minimum Gasteiger partial charge on any atom is -0.309 e. The number of anilines is 1. The molecule has 0 aromatic heterocycles. The molecule has 26 heavy (non-hydrogen) atoms.